The van der Waals surface area contributed by atoms with E-state index in [1.807, 2.05) is 13.8 Å². The average Bonchev–Trinajstić information content (AvgIpc) is 3.24. The van der Waals surface area contributed by atoms with E-state index in [-0.39, 0.29) is 5.57 Å². The van der Waals surface area contributed by atoms with Crippen LogP contribution in [0.4, 0.5) is 5.69 Å². The Kier molecular flexibility index (Phi) is 5.56. The standard InChI is InChI=1S/C23H21N3O4S/c1-4-30-17-7-5-6-16(12-17)26-19(15-8-10-24-11-9-15)18(21(28)23(26)29)20(27)22-13(2)25-14(3)31-22/h5-12,19,28H,4H2,1-3H3. The molecule has 0 fully saturated rings. The van der Waals surface area contributed by atoms with Crippen molar-refractivity contribution in [1.29, 1.82) is 0 Å². The highest BCUT2D eigenvalue weighted by Crippen LogP contribution is 2.43. The zero-order chi connectivity index (χ0) is 22.1. The van der Waals surface area contributed by atoms with E-state index in [1.165, 1.54) is 16.2 Å². The number of hydrogen-bond acceptors (Lipinski definition) is 7. The highest BCUT2D eigenvalue weighted by Gasteiger charge is 2.45. The lowest BCUT2D eigenvalue weighted by molar-refractivity contribution is -0.117. The number of nitrogens with zero attached hydrogens (tertiary/aromatic N) is 3. The first kappa shape index (κ1) is 20.7. The fraction of sp³-hybridized carbons (Fsp3) is 0.217. The molecule has 1 amide bonds. The zero-order valence-corrected chi connectivity index (χ0v) is 18.1. The number of ketones is 1. The summed E-state index contributed by atoms with van der Waals surface area (Å²) in [5, 5.41) is 11.6. The van der Waals surface area contributed by atoms with Crippen molar-refractivity contribution in [2.75, 3.05) is 11.5 Å². The van der Waals surface area contributed by atoms with Gasteiger partial charge in [0.1, 0.15) is 5.75 Å². The molecule has 8 heteroatoms. The topological polar surface area (TPSA) is 92.6 Å². The minimum absolute atomic E-state index is 0.0322. The normalized spacial score (nSPS) is 16.2. The Morgan fingerprint density at radius 3 is 2.61 bits per heavy atom. The third-order valence-corrected chi connectivity index (χ3v) is 6.06. The first-order valence-corrected chi connectivity index (χ1v) is 10.6. The average molecular weight is 436 g/mol. The third-order valence-electron chi connectivity index (χ3n) is 4.99. The predicted molar refractivity (Wildman–Crippen MR) is 118 cm³/mol. The molecule has 1 aromatic carbocycles. The van der Waals surface area contributed by atoms with Gasteiger partial charge in [0.2, 0.25) is 5.78 Å². The quantitative estimate of drug-likeness (QED) is 0.579. The van der Waals surface area contributed by atoms with Crippen LogP contribution in [0.5, 0.6) is 5.75 Å². The number of ether oxygens (including phenoxy) is 1. The Balaban J connectivity index is 1.86. The first-order chi connectivity index (χ1) is 14.9. The molecule has 0 spiro atoms. The molecule has 31 heavy (non-hydrogen) atoms. The van der Waals surface area contributed by atoms with Crippen molar-refractivity contribution in [1.82, 2.24) is 9.97 Å². The second-order valence-electron chi connectivity index (χ2n) is 7.03. The summed E-state index contributed by atoms with van der Waals surface area (Å²) in [5.41, 5.74) is 1.79. The van der Waals surface area contributed by atoms with Gasteiger partial charge < -0.3 is 9.84 Å². The molecule has 0 radical (unpaired) electrons. The summed E-state index contributed by atoms with van der Waals surface area (Å²) < 4.78 is 5.57. The van der Waals surface area contributed by atoms with Gasteiger partial charge in [-0.2, -0.15) is 0 Å². The predicted octanol–water partition coefficient (Wildman–Crippen LogP) is 4.34. The minimum atomic E-state index is -0.804. The molecule has 1 aliphatic rings. The van der Waals surface area contributed by atoms with E-state index >= 15 is 0 Å². The largest absolute Gasteiger partial charge is 0.503 e. The molecule has 1 aliphatic heterocycles. The van der Waals surface area contributed by atoms with Crippen molar-refractivity contribution in [3.05, 3.63) is 81.3 Å². The third kappa shape index (κ3) is 3.70. The summed E-state index contributed by atoms with van der Waals surface area (Å²) in [6.07, 6.45) is 3.18. The van der Waals surface area contributed by atoms with E-state index in [0.29, 0.717) is 34.2 Å². The van der Waals surface area contributed by atoms with Crippen LogP contribution in [0.3, 0.4) is 0 Å². The van der Waals surface area contributed by atoms with Gasteiger partial charge in [0.05, 0.1) is 33.8 Å². The fourth-order valence-corrected chi connectivity index (χ4v) is 4.59. The molecular weight excluding hydrogens is 414 g/mol. The van der Waals surface area contributed by atoms with Gasteiger partial charge in [-0.05, 0) is 50.6 Å². The van der Waals surface area contributed by atoms with Crippen LogP contribution in [0, 0.1) is 13.8 Å². The Morgan fingerprint density at radius 1 is 1.23 bits per heavy atom. The molecule has 7 nitrogen and oxygen atoms in total. The number of thiazole rings is 1. The fourth-order valence-electron chi connectivity index (χ4n) is 3.72. The van der Waals surface area contributed by atoms with E-state index in [4.69, 9.17) is 4.74 Å². The Hall–Kier alpha value is -3.52. The van der Waals surface area contributed by atoms with Crippen LogP contribution in [0.2, 0.25) is 0 Å². The molecule has 0 bridgehead atoms. The molecule has 1 atom stereocenters. The van der Waals surface area contributed by atoms with Gasteiger partial charge in [0.15, 0.2) is 5.76 Å². The zero-order valence-electron chi connectivity index (χ0n) is 17.3. The number of carbonyl (C=O) groups excluding carboxylic acids is 2. The van der Waals surface area contributed by atoms with Crippen molar-refractivity contribution in [3.63, 3.8) is 0 Å². The monoisotopic (exact) mass is 435 g/mol. The van der Waals surface area contributed by atoms with Gasteiger partial charge in [-0.25, -0.2) is 4.98 Å². The molecule has 3 heterocycles. The van der Waals surface area contributed by atoms with Crippen molar-refractivity contribution in [2.45, 2.75) is 26.8 Å². The van der Waals surface area contributed by atoms with Crippen LogP contribution in [0.25, 0.3) is 0 Å². The smallest absolute Gasteiger partial charge is 0.294 e. The van der Waals surface area contributed by atoms with Gasteiger partial charge in [-0.15, -0.1) is 11.3 Å². The van der Waals surface area contributed by atoms with Crippen LogP contribution in [-0.4, -0.2) is 33.4 Å². The number of anilines is 1. The van der Waals surface area contributed by atoms with Gasteiger partial charge in [0.25, 0.3) is 5.91 Å². The molecule has 0 aliphatic carbocycles. The Morgan fingerprint density at radius 2 is 1.97 bits per heavy atom. The molecule has 0 saturated heterocycles. The summed E-state index contributed by atoms with van der Waals surface area (Å²) in [7, 11) is 0. The van der Waals surface area contributed by atoms with Gasteiger partial charge in [-0.3, -0.25) is 19.5 Å². The van der Waals surface area contributed by atoms with Crippen molar-refractivity contribution in [3.8, 4) is 5.75 Å². The highest BCUT2D eigenvalue weighted by atomic mass is 32.1. The Labute approximate surface area is 183 Å². The second kappa shape index (κ2) is 8.31. The second-order valence-corrected chi connectivity index (χ2v) is 8.23. The number of Topliss-reactive ketones (excluding diaryl/α,β-unsaturated/α-hetero) is 1. The van der Waals surface area contributed by atoms with E-state index in [2.05, 4.69) is 9.97 Å². The maximum Gasteiger partial charge on any atom is 0.294 e. The molecule has 1 N–H and O–H groups in total. The van der Waals surface area contributed by atoms with E-state index in [1.54, 1.807) is 55.7 Å². The van der Waals surface area contributed by atoms with E-state index in [9.17, 15) is 14.7 Å². The molecule has 1 unspecified atom stereocenters. The lowest BCUT2D eigenvalue weighted by Gasteiger charge is -2.27. The van der Waals surface area contributed by atoms with Gasteiger partial charge >= 0.3 is 0 Å². The number of amides is 1. The number of rotatable bonds is 6. The van der Waals surface area contributed by atoms with Crippen LogP contribution in [0.15, 0.2) is 60.1 Å². The number of benzene rings is 1. The Bertz CT molecular complexity index is 1190. The van der Waals surface area contributed by atoms with Gasteiger partial charge in [-0.1, -0.05) is 6.07 Å². The van der Waals surface area contributed by atoms with Crippen molar-refractivity contribution in [2.24, 2.45) is 0 Å². The minimum Gasteiger partial charge on any atom is -0.503 e. The SMILES string of the molecule is CCOc1cccc(N2C(=O)C(O)=C(C(=O)c3sc(C)nc3C)C2c2ccncc2)c1. The molecule has 4 rings (SSSR count). The summed E-state index contributed by atoms with van der Waals surface area (Å²) in [4.78, 5) is 36.9. The summed E-state index contributed by atoms with van der Waals surface area (Å²) >= 11 is 1.25. The number of carbonyl (C=O) groups is 2. The number of pyridine rings is 1. The van der Waals surface area contributed by atoms with Crippen LogP contribution >= 0.6 is 11.3 Å². The number of aryl methyl sites for hydroxylation is 2. The summed E-state index contributed by atoms with van der Waals surface area (Å²) in [5.74, 6) is -1.01. The van der Waals surface area contributed by atoms with Crippen molar-refractivity contribution < 1.29 is 19.4 Å². The first-order valence-electron chi connectivity index (χ1n) is 9.80. The number of hydrogen-bond donors (Lipinski definition) is 1. The van der Waals surface area contributed by atoms with E-state index < -0.39 is 23.5 Å². The van der Waals surface area contributed by atoms with Crippen LogP contribution in [0.1, 0.15) is 38.9 Å². The molecule has 158 valence electrons. The van der Waals surface area contributed by atoms with Gasteiger partial charge in [0, 0.05) is 24.1 Å². The lowest BCUT2D eigenvalue weighted by atomic mass is 9.95. The molecule has 0 saturated carbocycles. The number of aliphatic hydroxyl groups excluding tert-OH is 1. The number of aromatic nitrogens is 2. The number of aliphatic hydroxyl groups is 1. The molecule has 3 aromatic rings. The van der Waals surface area contributed by atoms with Crippen LogP contribution in [-0.2, 0) is 4.79 Å². The summed E-state index contributed by atoms with van der Waals surface area (Å²) in [6.45, 7) is 5.91. The maximum atomic E-state index is 13.5. The lowest BCUT2D eigenvalue weighted by Crippen LogP contribution is -2.31. The molecule has 2 aromatic heterocycles. The highest BCUT2D eigenvalue weighted by molar-refractivity contribution is 7.14. The van der Waals surface area contributed by atoms with Crippen LogP contribution < -0.4 is 9.64 Å². The van der Waals surface area contributed by atoms with E-state index in [0.717, 1.165) is 5.01 Å². The maximum absolute atomic E-state index is 13.5. The van der Waals surface area contributed by atoms with Crippen molar-refractivity contribution >= 4 is 28.7 Å². The summed E-state index contributed by atoms with van der Waals surface area (Å²) in [6, 6.07) is 9.68. The molecular formula is C23H21N3O4S.